The molecule has 2 aliphatic rings. The molecule has 2 unspecified atom stereocenters. The van der Waals surface area contributed by atoms with Crippen molar-refractivity contribution in [2.45, 2.75) is 31.3 Å². The number of nitrogens with zero attached hydrogens (tertiary/aromatic N) is 1. The molecular weight excluding hydrogens is 299 g/mol. The van der Waals surface area contributed by atoms with Crippen molar-refractivity contribution in [3.63, 3.8) is 0 Å². The SMILES string of the molecule is O=C1CC(Nc2ccc(F)c(Br)c2)C2CCCN12. The molecule has 0 saturated carbocycles. The van der Waals surface area contributed by atoms with Crippen LogP contribution in [0.15, 0.2) is 22.7 Å². The van der Waals surface area contributed by atoms with E-state index < -0.39 is 0 Å². The Bertz CT molecular complexity index is 494. The van der Waals surface area contributed by atoms with Gasteiger partial charge in [0.2, 0.25) is 5.91 Å². The van der Waals surface area contributed by atoms with E-state index >= 15 is 0 Å². The van der Waals surface area contributed by atoms with Crippen LogP contribution in [0.2, 0.25) is 0 Å². The van der Waals surface area contributed by atoms with Crippen molar-refractivity contribution in [1.29, 1.82) is 0 Å². The molecule has 18 heavy (non-hydrogen) atoms. The van der Waals surface area contributed by atoms with Crippen molar-refractivity contribution in [1.82, 2.24) is 4.90 Å². The molecule has 96 valence electrons. The first-order valence-corrected chi connectivity index (χ1v) is 6.95. The minimum atomic E-state index is -0.273. The van der Waals surface area contributed by atoms with Gasteiger partial charge < -0.3 is 10.2 Å². The third kappa shape index (κ3) is 2.00. The molecule has 1 aromatic carbocycles. The molecule has 0 spiro atoms. The van der Waals surface area contributed by atoms with E-state index in [4.69, 9.17) is 0 Å². The van der Waals surface area contributed by atoms with Crippen LogP contribution in [0.25, 0.3) is 0 Å². The largest absolute Gasteiger partial charge is 0.380 e. The van der Waals surface area contributed by atoms with Crippen LogP contribution in [0, 0.1) is 5.82 Å². The van der Waals surface area contributed by atoms with Crippen LogP contribution < -0.4 is 5.32 Å². The maximum Gasteiger partial charge on any atom is 0.225 e. The summed E-state index contributed by atoms with van der Waals surface area (Å²) in [6.45, 7) is 0.884. The van der Waals surface area contributed by atoms with E-state index in [0.29, 0.717) is 16.9 Å². The highest BCUT2D eigenvalue weighted by molar-refractivity contribution is 9.10. The molecule has 5 heteroatoms. The van der Waals surface area contributed by atoms with Crippen LogP contribution >= 0.6 is 15.9 Å². The number of rotatable bonds is 2. The topological polar surface area (TPSA) is 32.3 Å². The fraction of sp³-hybridized carbons (Fsp3) is 0.462. The second-order valence-electron chi connectivity index (χ2n) is 4.88. The Morgan fingerprint density at radius 3 is 3.06 bits per heavy atom. The van der Waals surface area contributed by atoms with Crippen LogP contribution in [-0.2, 0) is 4.79 Å². The molecule has 0 radical (unpaired) electrons. The number of fused-ring (bicyclic) bond motifs is 1. The number of carbonyl (C=O) groups is 1. The number of anilines is 1. The average molecular weight is 313 g/mol. The molecular formula is C13H14BrFN2O. The Hall–Kier alpha value is -1.10. The molecule has 2 heterocycles. The molecule has 2 fully saturated rings. The van der Waals surface area contributed by atoms with Gasteiger partial charge in [-0.25, -0.2) is 4.39 Å². The molecule has 0 aliphatic carbocycles. The molecule has 0 bridgehead atoms. The molecule has 1 N–H and O–H groups in total. The number of hydrogen-bond donors (Lipinski definition) is 1. The zero-order valence-corrected chi connectivity index (χ0v) is 11.4. The smallest absolute Gasteiger partial charge is 0.225 e. The molecule has 1 amide bonds. The van der Waals surface area contributed by atoms with Crippen LogP contribution in [0.4, 0.5) is 10.1 Å². The van der Waals surface area contributed by atoms with Crippen molar-refractivity contribution in [3.8, 4) is 0 Å². The fourth-order valence-corrected chi connectivity index (χ4v) is 3.29. The summed E-state index contributed by atoms with van der Waals surface area (Å²) in [5, 5.41) is 3.35. The second-order valence-corrected chi connectivity index (χ2v) is 5.73. The quantitative estimate of drug-likeness (QED) is 0.910. The number of carbonyl (C=O) groups excluding carboxylic acids is 1. The van der Waals surface area contributed by atoms with E-state index in [2.05, 4.69) is 21.2 Å². The highest BCUT2D eigenvalue weighted by atomic mass is 79.9. The molecule has 3 rings (SSSR count). The van der Waals surface area contributed by atoms with Crippen molar-refractivity contribution in [2.24, 2.45) is 0 Å². The predicted molar refractivity (Wildman–Crippen MR) is 70.9 cm³/mol. The molecule has 3 nitrogen and oxygen atoms in total. The molecule has 2 saturated heterocycles. The lowest BCUT2D eigenvalue weighted by Crippen LogP contribution is -2.34. The van der Waals surface area contributed by atoms with E-state index in [0.717, 1.165) is 25.1 Å². The van der Waals surface area contributed by atoms with Gasteiger partial charge in [0.1, 0.15) is 5.82 Å². The van der Waals surface area contributed by atoms with Crippen LogP contribution in [0.5, 0.6) is 0 Å². The van der Waals surface area contributed by atoms with Gasteiger partial charge in [-0.1, -0.05) is 0 Å². The molecule has 2 aliphatic heterocycles. The first-order valence-electron chi connectivity index (χ1n) is 6.16. The lowest BCUT2D eigenvalue weighted by molar-refractivity contribution is -0.127. The van der Waals surface area contributed by atoms with Gasteiger partial charge in [-0.05, 0) is 47.0 Å². The van der Waals surface area contributed by atoms with E-state index in [1.807, 2.05) is 4.90 Å². The summed E-state index contributed by atoms with van der Waals surface area (Å²) in [5.41, 5.74) is 0.856. The molecule has 2 atom stereocenters. The minimum Gasteiger partial charge on any atom is -0.380 e. The summed E-state index contributed by atoms with van der Waals surface area (Å²) in [6, 6.07) is 5.31. The van der Waals surface area contributed by atoms with Crippen molar-refractivity contribution >= 4 is 27.5 Å². The highest BCUT2D eigenvalue weighted by Crippen LogP contribution is 2.31. The maximum atomic E-state index is 13.2. The summed E-state index contributed by atoms with van der Waals surface area (Å²) < 4.78 is 13.6. The summed E-state index contributed by atoms with van der Waals surface area (Å²) >= 11 is 3.17. The summed E-state index contributed by atoms with van der Waals surface area (Å²) in [5.74, 6) is -0.0401. The van der Waals surface area contributed by atoms with Gasteiger partial charge in [0.05, 0.1) is 16.6 Å². The zero-order chi connectivity index (χ0) is 12.7. The highest BCUT2D eigenvalue weighted by Gasteiger charge is 2.42. The maximum absolute atomic E-state index is 13.2. The standard InChI is InChI=1S/C13H14BrFN2O/c14-9-6-8(3-4-10(9)15)16-11-7-13(18)17-5-1-2-12(11)17/h3-4,6,11-12,16H,1-2,5,7H2. The van der Waals surface area contributed by atoms with E-state index in [-0.39, 0.29) is 17.8 Å². The van der Waals surface area contributed by atoms with Crippen LogP contribution in [0.1, 0.15) is 19.3 Å². The van der Waals surface area contributed by atoms with Crippen LogP contribution in [0.3, 0.4) is 0 Å². The Morgan fingerprint density at radius 2 is 2.28 bits per heavy atom. The predicted octanol–water partition coefficient (Wildman–Crippen LogP) is 2.76. The van der Waals surface area contributed by atoms with Gasteiger partial charge >= 0.3 is 0 Å². The third-order valence-electron chi connectivity index (χ3n) is 3.75. The minimum absolute atomic E-state index is 0.150. The van der Waals surface area contributed by atoms with Crippen molar-refractivity contribution < 1.29 is 9.18 Å². The van der Waals surface area contributed by atoms with Gasteiger partial charge in [-0.15, -0.1) is 0 Å². The van der Waals surface area contributed by atoms with Crippen molar-refractivity contribution in [3.05, 3.63) is 28.5 Å². The van der Waals surface area contributed by atoms with Crippen LogP contribution in [-0.4, -0.2) is 29.4 Å². The van der Waals surface area contributed by atoms with Gasteiger partial charge in [-0.3, -0.25) is 4.79 Å². The summed E-state index contributed by atoms with van der Waals surface area (Å²) in [7, 11) is 0. The number of hydrogen-bond acceptors (Lipinski definition) is 2. The average Bonchev–Trinajstić information content (AvgIpc) is 2.90. The monoisotopic (exact) mass is 312 g/mol. The Balaban J connectivity index is 1.76. The number of amides is 1. The number of halogens is 2. The Labute approximate surface area is 113 Å². The number of benzene rings is 1. The molecule has 0 aromatic heterocycles. The first-order chi connectivity index (χ1) is 8.65. The van der Waals surface area contributed by atoms with E-state index in [1.54, 1.807) is 12.1 Å². The van der Waals surface area contributed by atoms with Crippen molar-refractivity contribution in [2.75, 3.05) is 11.9 Å². The zero-order valence-electron chi connectivity index (χ0n) is 9.83. The normalized spacial score (nSPS) is 26.6. The van der Waals surface area contributed by atoms with Gasteiger partial charge in [-0.2, -0.15) is 0 Å². The van der Waals surface area contributed by atoms with Gasteiger partial charge in [0.25, 0.3) is 0 Å². The van der Waals surface area contributed by atoms with E-state index in [9.17, 15) is 9.18 Å². The Kier molecular flexibility index (Phi) is 3.01. The van der Waals surface area contributed by atoms with Gasteiger partial charge in [0.15, 0.2) is 0 Å². The molecule has 1 aromatic rings. The summed E-state index contributed by atoms with van der Waals surface area (Å²) in [4.78, 5) is 13.8. The van der Waals surface area contributed by atoms with E-state index in [1.165, 1.54) is 6.07 Å². The lowest BCUT2D eigenvalue weighted by Gasteiger charge is -2.22. The second kappa shape index (κ2) is 4.53. The lowest BCUT2D eigenvalue weighted by atomic mass is 10.1. The van der Waals surface area contributed by atoms with Gasteiger partial charge in [0, 0.05) is 18.7 Å². The Morgan fingerprint density at radius 1 is 1.44 bits per heavy atom. The summed E-state index contributed by atoms with van der Waals surface area (Å²) in [6.07, 6.45) is 2.69. The first kappa shape index (κ1) is 12.0. The fourth-order valence-electron chi connectivity index (χ4n) is 2.91. The number of nitrogens with one attached hydrogen (secondary N) is 1. The third-order valence-corrected chi connectivity index (χ3v) is 4.36.